The van der Waals surface area contributed by atoms with Gasteiger partial charge in [0.15, 0.2) is 0 Å². The number of rotatable bonds is 4. The zero-order valence-corrected chi connectivity index (χ0v) is 15.9. The molecule has 130 valence electrons. The molecule has 1 aromatic rings. The molecule has 24 heavy (non-hydrogen) atoms. The van der Waals surface area contributed by atoms with Gasteiger partial charge in [-0.3, -0.25) is 14.5 Å². The molecule has 2 fully saturated rings. The molecule has 2 heterocycles. The Morgan fingerprint density at radius 3 is 2.62 bits per heavy atom. The summed E-state index contributed by atoms with van der Waals surface area (Å²) in [5.41, 5.74) is -0.728. The number of halogens is 1. The molecule has 6 nitrogen and oxygen atoms in total. The summed E-state index contributed by atoms with van der Waals surface area (Å²) in [4.78, 5) is 41.1. The van der Waals surface area contributed by atoms with Crippen molar-refractivity contribution in [2.24, 2.45) is 0 Å². The van der Waals surface area contributed by atoms with Gasteiger partial charge in [-0.1, -0.05) is 19.3 Å². The molecule has 1 aliphatic carbocycles. The molecule has 0 bridgehead atoms. The fraction of sp³-hybridized carbons (Fsp3) is 0.562. The first kappa shape index (κ1) is 17.4. The van der Waals surface area contributed by atoms with Crippen molar-refractivity contribution in [1.82, 2.24) is 15.1 Å². The molecule has 1 aromatic heterocycles. The van der Waals surface area contributed by atoms with Gasteiger partial charge >= 0.3 is 6.03 Å². The predicted octanol–water partition coefficient (Wildman–Crippen LogP) is 2.72. The average Bonchev–Trinajstić information content (AvgIpc) is 3.07. The highest BCUT2D eigenvalue weighted by molar-refractivity contribution is 9.11. The number of likely N-dealkylation sites (N-methyl/N-ethyl adjacent to an activating group) is 1. The Labute approximate surface area is 153 Å². The zero-order chi connectivity index (χ0) is 17.3. The van der Waals surface area contributed by atoms with Crippen LogP contribution in [0.4, 0.5) is 4.79 Å². The average molecular weight is 414 g/mol. The monoisotopic (exact) mass is 413 g/mol. The lowest BCUT2D eigenvalue weighted by molar-refractivity contribution is -0.137. The van der Waals surface area contributed by atoms with Crippen LogP contribution in [0.1, 0.15) is 37.0 Å². The lowest BCUT2D eigenvalue weighted by Gasteiger charge is -2.35. The van der Waals surface area contributed by atoms with E-state index < -0.39 is 5.54 Å². The van der Waals surface area contributed by atoms with Gasteiger partial charge in [0.2, 0.25) is 5.91 Å². The van der Waals surface area contributed by atoms with E-state index in [-0.39, 0.29) is 24.4 Å². The maximum absolute atomic E-state index is 12.8. The molecule has 0 aromatic carbocycles. The van der Waals surface area contributed by atoms with Crippen LogP contribution in [0.25, 0.3) is 0 Å². The second-order valence-corrected chi connectivity index (χ2v) is 8.86. The normalized spacial score (nSPS) is 20.1. The molecule has 1 saturated carbocycles. The standard InChI is InChI=1S/C16H20BrN3O3S/c1-19-15(23)20(14(22)16(19)7-3-2-4-8-16)10-13(21)18-9-11-5-6-12(17)24-11/h5-6H,2-4,7-10H2,1H3,(H,18,21). The topological polar surface area (TPSA) is 69.7 Å². The SMILES string of the molecule is CN1C(=O)N(CC(=O)NCc2ccc(Br)s2)C(=O)C12CCCCC2. The number of imide groups is 1. The fourth-order valence-electron chi connectivity index (χ4n) is 3.50. The zero-order valence-electron chi connectivity index (χ0n) is 13.5. The number of thiophene rings is 1. The Hall–Kier alpha value is -1.41. The molecule has 1 spiro atoms. The molecular weight excluding hydrogens is 394 g/mol. The van der Waals surface area contributed by atoms with Crippen LogP contribution in [0.2, 0.25) is 0 Å². The van der Waals surface area contributed by atoms with Crippen LogP contribution in [0, 0.1) is 0 Å². The highest BCUT2D eigenvalue weighted by Crippen LogP contribution is 2.39. The van der Waals surface area contributed by atoms with Crippen LogP contribution in [0.15, 0.2) is 15.9 Å². The van der Waals surface area contributed by atoms with E-state index in [0.29, 0.717) is 19.4 Å². The fourth-order valence-corrected chi connectivity index (χ4v) is 4.93. The van der Waals surface area contributed by atoms with E-state index in [0.717, 1.165) is 32.8 Å². The maximum Gasteiger partial charge on any atom is 0.327 e. The van der Waals surface area contributed by atoms with Crippen molar-refractivity contribution in [2.75, 3.05) is 13.6 Å². The number of hydrogen-bond donors (Lipinski definition) is 1. The molecule has 2 aliphatic rings. The van der Waals surface area contributed by atoms with E-state index >= 15 is 0 Å². The molecule has 0 unspecified atom stereocenters. The molecular formula is C16H20BrN3O3S. The Morgan fingerprint density at radius 2 is 2.00 bits per heavy atom. The predicted molar refractivity (Wildman–Crippen MR) is 94.6 cm³/mol. The smallest absolute Gasteiger partial charge is 0.327 e. The highest BCUT2D eigenvalue weighted by Gasteiger charge is 2.55. The van der Waals surface area contributed by atoms with E-state index in [1.54, 1.807) is 7.05 Å². The number of hydrogen-bond acceptors (Lipinski definition) is 4. The number of urea groups is 1. The number of nitrogens with zero attached hydrogens (tertiary/aromatic N) is 2. The first-order valence-corrected chi connectivity index (χ1v) is 9.66. The third kappa shape index (κ3) is 3.09. The first-order chi connectivity index (χ1) is 11.4. The number of carbonyl (C=O) groups is 3. The summed E-state index contributed by atoms with van der Waals surface area (Å²) < 4.78 is 0.998. The van der Waals surface area contributed by atoms with E-state index in [1.165, 1.54) is 16.2 Å². The van der Waals surface area contributed by atoms with Gasteiger partial charge in [0, 0.05) is 11.9 Å². The summed E-state index contributed by atoms with van der Waals surface area (Å²) in [6.07, 6.45) is 4.35. The highest BCUT2D eigenvalue weighted by atomic mass is 79.9. The van der Waals surface area contributed by atoms with Gasteiger partial charge in [0.1, 0.15) is 12.1 Å². The van der Waals surface area contributed by atoms with Gasteiger partial charge in [-0.25, -0.2) is 4.79 Å². The Bertz CT molecular complexity index is 669. The Morgan fingerprint density at radius 1 is 1.29 bits per heavy atom. The third-order valence-corrected chi connectivity index (χ3v) is 6.50. The van der Waals surface area contributed by atoms with Crippen LogP contribution < -0.4 is 5.32 Å². The van der Waals surface area contributed by atoms with Gasteiger partial charge in [0.05, 0.1) is 10.3 Å². The second-order valence-electron chi connectivity index (χ2n) is 6.31. The minimum atomic E-state index is -0.728. The number of carbonyl (C=O) groups excluding carboxylic acids is 3. The van der Waals surface area contributed by atoms with E-state index in [9.17, 15) is 14.4 Å². The van der Waals surface area contributed by atoms with Crippen LogP contribution in [0.5, 0.6) is 0 Å². The van der Waals surface area contributed by atoms with Gasteiger partial charge in [-0.05, 0) is 40.9 Å². The minimum absolute atomic E-state index is 0.212. The molecule has 1 N–H and O–H groups in total. The summed E-state index contributed by atoms with van der Waals surface area (Å²) in [5, 5.41) is 2.77. The summed E-state index contributed by atoms with van der Waals surface area (Å²) >= 11 is 4.91. The summed E-state index contributed by atoms with van der Waals surface area (Å²) in [5.74, 6) is -0.536. The minimum Gasteiger partial charge on any atom is -0.350 e. The Balaban J connectivity index is 1.62. The maximum atomic E-state index is 12.8. The van der Waals surface area contributed by atoms with Crippen molar-refractivity contribution in [1.29, 1.82) is 0 Å². The molecule has 4 amide bonds. The Kier molecular flexibility index (Phi) is 4.96. The summed E-state index contributed by atoms with van der Waals surface area (Å²) in [6.45, 7) is 0.183. The van der Waals surface area contributed by atoms with Crippen molar-refractivity contribution >= 4 is 45.1 Å². The van der Waals surface area contributed by atoms with Crippen molar-refractivity contribution in [2.45, 2.75) is 44.2 Å². The van der Waals surface area contributed by atoms with Gasteiger partial charge in [-0.2, -0.15) is 0 Å². The van der Waals surface area contributed by atoms with Crippen molar-refractivity contribution in [3.8, 4) is 0 Å². The second kappa shape index (κ2) is 6.84. The number of nitrogens with one attached hydrogen (secondary N) is 1. The number of amides is 4. The van der Waals surface area contributed by atoms with Crippen LogP contribution in [-0.2, 0) is 16.1 Å². The van der Waals surface area contributed by atoms with Crippen LogP contribution in [-0.4, -0.2) is 46.8 Å². The van der Waals surface area contributed by atoms with Gasteiger partial charge < -0.3 is 10.2 Å². The van der Waals surface area contributed by atoms with E-state index in [1.807, 2.05) is 12.1 Å². The molecule has 1 saturated heterocycles. The summed E-state index contributed by atoms with van der Waals surface area (Å²) in [6, 6.07) is 3.48. The molecule has 8 heteroatoms. The van der Waals surface area contributed by atoms with Gasteiger partial charge in [-0.15, -0.1) is 11.3 Å². The van der Waals surface area contributed by atoms with E-state index in [4.69, 9.17) is 0 Å². The lowest BCUT2D eigenvalue weighted by Crippen LogP contribution is -2.49. The molecule has 0 radical (unpaired) electrons. The summed E-state index contributed by atoms with van der Waals surface area (Å²) in [7, 11) is 1.67. The molecule has 3 rings (SSSR count). The van der Waals surface area contributed by atoms with Crippen LogP contribution in [0.3, 0.4) is 0 Å². The first-order valence-electron chi connectivity index (χ1n) is 8.05. The van der Waals surface area contributed by atoms with Crippen LogP contribution >= 0.6 is 27.3 Å². The molecule has 1 aliphatic heterocycles. The van der Waals surface area contributed by atoms with Crippen molar-refractivity contribution in [3.05, 3.63) is 20.8 Å². The quantitative estimate of drug-likeness (QED) is 0.771. The van der Waals surface area contributed by atoms with Crippen molar-refractivity contribution in [3.63, 3.8) is 0 Å². The van der Waals surface area contributed by atoms with Gasteiger partial charge in [0.25, 0.3) is 5.91 Å². The van der Waals surface area contributed by atoms with Crippen molar-refractivity contribution < 1.29 is 14.4 Å². The largest absolute Gasteiger partial charge is 0.350 e. The van der Waals surface area contributed by atoms with E-state index in [2.05, 4.69) is 21.2 Å². The third-order valence-electron chi connectivity index (χ3n) is 4.87. The molecule has 0 atom stereocenters. The lowest BCUT2D eigenvalue weighted by atomic mass is 9.81.